The quantitative estimate of drug-likeness (QED) is 0.419. The minimum atomic E-state index is 0. The van der Waals surface area contributed by atoms with E-state index >= 15 is 0 Å². The Kier molecular flexibility index (Phi) is 7.47. The van der Waals surface area contributed by atoms with Crippen molar-refractivity contribution in [3.63, 3.8) is 0 Å². The van der Waals surface area contributed by atoms with E-state index in [9.17, 15) is 0 Å². The zero-order valence-corrected chi connectivity index (χ0v) is 18.1. The number of fused-ring (bicyclic) bond motifs is 2. The van der Waals surface area contributed by atoms with Crippen LogP contribution >= 0.6 is 0 Å². The molecule has 0 spiro atoms. The summed E-state index contributed by atoms with van der Waals surface area (Å²) < 4.78 is 4.34. The van der Waals surface area contributed by atoms with E-state index in [1.807, 2.05) is 49.1 Å². The molecule has 0 N–H and O–H groups in total. The minimum Gasteiger partial charge on any atom is -0.330 e. The molecule has 10 radical (unpaired) electrons. The first-order valence-corrected chi connectivity index (χ1v) is 10.1. The van der Waals surface area contributed by atoms with Crippen LogP contribution in [0.15, 0.2) is 61.2 Å². The Morgan fingerprint density at radius 1 is 0.548 bits per heavy atom. The van der Waals surface area contributed by atoms with Crippen molar-refractivity contribution < 1.29 is 17.1 Å². The smallest absolute Gasteiger partial charge is 0.330 e. The zero-order valence-electron chi connectivity index (χ0n) is 16.9. The third kappa shape index (κ3) is 5.22. The number of rotatable bonds is 4. The molecule has 2 aliphatic carbocycles. The third-order valence-electron chi connectivity index (χ3n) is 5.22. The molecule has 6 rings (SSSR count). The predicted octanol–water partition coefficient (Wildman–Crippen LogP) is 4.88. The molecule has 2 aromatic carbocycles. The van der Waals surface area contributed by atoms with Gasteiger partial charge in [0.15, 0.2) is 0 Å². The molecular weight excluding hydrogens is 424 g/mol. The van der Waals surface area contributed by atoms with Gasteiger partial charge < -0.3 is 9.13 Å². The Morgan fingerprint density at radius 2 is 0.935 bits per heavy atom. The predicted molar refractivity (Wildman–Crippen MR) is 120 cm³/mol. The Bertz CT molecular complexity index is 999. The minimum absolute atomic E-state index is 0. The maximum atomic E-state index is 4.36. The summed E-state index contributed by atoms with van der Waals surface area (Å²) in [5.41, 5.74) is 4.51. The van der Waals surface area contributed by atoms with Gasteiger partial charge in [-0.3, -0.25) is 0 Å². The van der Waals surface area contributed by atoms with Crippen LogP contribution in [0.3, 0.4) is 0 Å². The molecule has 0 aliphatic heterocycles. The monoisotopic (exact) mass is 446 g/mol. The van der Waals surface area contributed by atoms with Crippen LogP contribution in [0.5, 0.6) is 0 Å². The second-order valence-electron chi connectivity index (χ2n) is 7.31. The van der Waals surface area contributed by atoms with Crippen molar-refractivity contribution in [3.8, 4) is 0 Å². The van der Waals surface area contributed by atoms with E-state index in [0.29, 0.717) is 0 Å². The molecule has 2 saturated carbocycles. The van der Waals surface area contributed by atoms with E-state index < -0.39 is 0 Å². The summed E-state index contributed by atoms with van der Waals surface area (Å²) >= 11 is 0. The van der Waals surface area contributed by atoms with Gasteiger partial charge in [0.25, 0.3) is 0 Å². The standard InChI is InChI=1S/2C13H11N2.Fe/c2*1-2-6-11(5-1)9-15-10-14-12-7-3-4-8-13(12)15;/h2*1-8,10H,9H2;/q;;+2. The maximum Gasteiger partial charge on any atom is 2.00 e. The van der Waals surface area contributed by atoms with Crippen LogP contribution in [-0.2, 0) is 30.2 Å². The van der Waals surface area contributed by atoms with E-state index in [-0.39, 0.29) is 17.1 Å². The van der Waals surface area contributed by atoms with E-state index in [1.54, 1.807) is 0 Å². The molecule has 0 unspecified atom stereocenters. The molecule has 31 heavy (non-hydrogen) atoms. The summed E-state index contributed by atoms with van der Waals surface area (Å²) in [6, 6.07) is 16.4. The van der Waals surface area contributed by atoms with Gasteiger partial charge in [-0.15, -0.1) is 0 Å². The van der Waals surface area contributed by atoms with E-state index in [0.717, 1.165) is 24.1 Å². The van der Waals surface area contributed by atoms with E-state index in [1.165, 1.54) is 22.9 Å². The molecule has 0 saturated heterocycles. The molecule has 0 amide bonds. The number of imidazole rings is 2. The van der Waals surface area contributed by atoms with Crippen LogP contribution in [0.4, 0.5) is 0 Å². The normalized spacial score (nSPS) is 17.0. The summed E-state index contributed by atoms with van der Waals surface area (Å²) in [5.74, 6) is 2.64. The van der Waals surface area contributed by atoms with Crippen LogP contribution < -0.4 is 0 Å². The van der Waals surface area contributed by atoms with E-state index in [2.05, 4.69) is 82.6 Å². The Morgan fingerprint density at radius 3 is 1.35 bits per heavy atom. The first kappa shape index (κ1) is 22.1. The zero-order chi connectivity index (χ0) is 20.2. The number of hydrogen-bond acceptors (Lipinski definition) is 2. The van der Waals surface area contributed by atoms with Gasteiger partial charge in [0, 0.05) is 24.9 Å². The molecule has 2 heterocycles. The van der Waals surface area contributed by atoms with Crippen molar-refractivity contribution in [1.29, 1.82) is 0 Å². The fourth-order valence-electron chi connectivity index (χ4n) is 3.70. The summed E-state index contributed by atoms with van der Waals surface area (Å²) in [6.07, 6.45) is 20.6. The largest absolute Gasteiger partial charge is 2.00 e. The molecule has 2 fully saturated rings. The summed E-state index contributed by atoms with van der Waals surface area (Å²) in [5, 5.41) is 0. The topological polar surface area (TPSA) is 35.6 Å². The van der Waals surface area contributed by atoms with Crippen LogP contribution in [-0.4, -0.2) is 19.1 Å². The van der Waals surface area contributed by atoms with Crippen molar-refractivity contribution >= 4 is 22.1 Å². The molecule has 152 valence electrons. The maximum absolute atomic E-state index is 4.36. The van der Waals surface area contributed by atoms with Crippen molar-refractivity contribution in [3.05, 3.63) is 124 Å². The number of para-hydroxylation sites is 4. The summed E-state index contributed by atoms with van der Waals surface area (Å²) in [7, 11) is 0. The van der Waals surface area contributed by atoms with Gasteiger partial charge >= 0.3 is 17.1 Å². The molecule has 4 nitrogen and oxygen atoms in total. The third-order valence-corrected chi connectivity index (χ3v) is 5.22. The average Bonchev–Trinajstić information content (AvgIpc) is 3.58. The van der Waals surface area contributed by atoms with Gasteiger partial charge in [0.2, 0.25) is 0 Å². The fourth-order valence-corrected chi connectivity index (χ4v) is 3.70. The Labute approximate surface area is 195 Å². The van der Waals surface area contributed by atoms with Crippen molar-refractivity contribution in [2.45, 2.75) is 13.1 Å². The number of benzene rings is 2. The molecule has 0 bridgehead atoms. The molecule has 2 aromatic heterocycles. The van der Waals surface area contributed by atoms with Gasteiger partial charge in [-0.2, -0.15) is 0 Å². The Balaban J connectivity index is 0.000000144. The molecule has 4 aromatic rings. The van der Waals surface area contributed by atoms with Crippen LogP contribution in [0.25, 0.3) is 22.1 Å². The van der Waals surface area contributed by atoms with Crippen molar-refractivity contribution in [2.75, 3.05) is 0 Å². The first-order chi connectivity index (χ1) is 14.9. The summed E-state index contributed by atoms with van der Waals surface area (Å²) in [4.78, 5) is 8.72. The number of nitrogens with zero attached hydrogens (tertiary/aromatic N) is 4. The van der Waals surface area contributed by atoms with Gasteiger partial charge in [-0.05, 0) is 75.6 Å². The molecule has 0 atom stereocenters. The Hall–Kier alpha value is -2.10. The van der Waals surface area contributed by atoms with Crippen molar-refractivity contribution in [2.24, 2.45) is 0 Å². The van der Waals surface area contributed by atoms with Crippen molar-refractivity contribution in [1.82, 2.24) is 19.1 Å². The molecular formula is C26H22FeN4+2. The number of aromatic nitrogens is 4. The van der Waals surface area contributed by atoms with Gasteiger partial charge in [-0.1, -0.05) is 24.3 Å². The van der Waals surface area contributed by atoms with Gasteiger partial charge in [-0.25, -0.2) is 9.97 Å². The van der Waals surface area contributed by atoms with Crippen LogP contribution in [0, 0.1) is 63.2 Å². The second-order valence-corrected chi connectivity index (χ2v) is 7.31. The average molecular weight is 446 g/mol. The molecule has 5 heteroatoms. The summed E-state index contributed by atoms with van der Waals surface area (Å²) in [6.45, 7) is 1.79. The van der Waals surface area contributed by atoms with Gasteiger partial charge in [0.05, 0.1) is 34.7 Å². The van der Waals surface area contributed by atoms with Crippen LogP contribution in [0.1, 0.15) is 0 Å². The fraction of sp³-hybridized carbons (Fsp3) is 0.0769. The second kappa shape index (κ2) is 10.5. The first-order valence-electron chi connectivity index (χ1n) is 10.1. The van der Waals surface area contributed by atoms with Crippen LogP contribution in [0.2, 0.25) is 0 Å². The SMILES string of the molecule is [CH]1[CH][CH][C](Cn2cnc3ccccc32)[CH]1.[CH]1[CH][CH][C](Cn2cnc3ccccc32)[CH]1.[Fe+2]. The van der Waals surface area contributed by atoms with Gasteiger partial charge in [0.1, 0.15) is 0 Å². The van der Waals surface area contributed by atoms with E-state index in [4.69, 9.17) is 0 Å². The number of hydrogen-bond donors (Lipinski definition) is 0. The molecule has 2 aliphatic rings.